The maximum absolute atomic E-state index is 11.5. The van der Waals surface area contributed by atoms with Crippen molar-refractivity contribution in [3.8, 4) is 5.75 Å². The normalized spacial score (nSPS) is 16.5. The Morgan fingerprint density at radius 1 is 1.47 bits per heavy atom. The van der Waals surface area contributed by atoms with Crippen LogP contribution in [0.4, 0.5) is 0 Å². The summed E-state index contributed by atoms with van der Waals surface area (Å²) in [6.45, 7) is 0.608. The van der Waals surface area contributed by atoms with Crippen LogP contribution in [0.25, 0.3) is 0 Å². The Morgan fingerprint density at radius 2 is 2.12 bits per heavy atom. The van der Waals surface area contributed by atoms with Crippen molar-refractivity contribution in [3.05, 3.63) is 29.8 Å². The lowest BCUT2D eigenvalue weighted by Crippen LogP contribution is -2.39. The van der Waals surface area contributed by atoms with E-state index >= 15 is 0 Å². The number of ether oxygens (including phenoxy) is 1. The average molecular weight is 235 g/mol. The van der Waals surface area contributed by atoms with Crippen molar-refractivity contribution in [2.24, 2.45) is 5.92 Å². The third kappa shape index (κ3) is 3.20. The number of methoxy groups -OCH3 is 1. The van der Waals surface area contributed by atoms with Crippen molar-refractivity contribution >= 4 is 5.97 Å². The Labute approximate surface area is 101 Å². The van der Waals surface area contributed by atoms with Gasteiger partial charge in [0.25, 0.3) is 0 Å². The summed E-state index contributed by atoms with van der Waals surface area (Å²) in [5, 5.41) is 12.4. The number of carbonyl (C=O) groups is 1. The molecule has 1 aliphatic carbocycles. The van der Waals surface area contributed by atoms with Gasteiger partial charge in [-0.2, -0.15) is 0 Å². The molecule has 0 aliphatic heterocycles. The average Bonchev–Trinajstić information content (AvgIpc) is 3.16. The van der Waals surface area contributed by atoms with Crippen molar-refractivity contribution in [2.75, 3.05) is 7.11 Å². The molecule has 0 spiro atoms. The lowest BCUT2D eigenvalue weighted by molar-refractivity contribution is -0.143. The third-order valence-corrected chi connectivity index (χ3v) is 3.01. The molecule has 0 radical (unpaired) electrons. The monoisotopic (exact) mass is 235 g/mol. The number of esters is 1. The molecular formula is C13H17NO3. The summed E-state index contributed by atoms with van der Waals surface area (Å²) in [5.41, 5.74) is 1.04. The number of phenols is 1. The fourth-order valence-electron chi connectivity index (χ4n) is 1.84. The molecule has 4 heteroatoms. The van der Waals surface area contributed by atoms with Crippen LogP contribution in [-0.4, -0.2) is 24.2 Å². The van der Waals surface area contributed by atoms with E-state index in [9.17, 15) is 4.79 Å². The zero-order chi connectivity index (χ0) is 12.3. The second-order valence-electron chi connectivity index (χ2n) is 4.39. The standard InChI is InChI=1S/C13H17NO3/c1-17-13(16)12(10-4-5-10)14-8-9-2-6-11(15)7-3-9/h2-3,6-7,10,12,14-15H,4-5,8H2,1H3. The number of hydrogen-bond donors (Lipinski definition) is 2. The number of phenolic OH excluding ortho intramolecular Hbond substituents is 1. The van der Waals surface area contributed by atoms with Crippen LogP contribution in [0.15, 0.2) is 24.3 Å². The van der Waals surface area contributed by atoms with Crippen molar-refractivity contribution < 1.29 is 14.6 Å². The molecule has 2 N–H and O–H groups in total. The number of carbonyl (C=O) groups excluding carboxylic acids is 1. The molecule has 1 unspecified atom stereocenters. The fourth-order valence-corrected chi connectivity index (χ4v) is 1.84. The molecule has 1 aromatic carbocycles. The van der Waals surface area contributed by atoms with Gasteiger partial charge in [-0.3, -0.25) is 4.79 Å². The Hall–Kier alpha value is -1.55. The quantitative estimate of drug-likeness (QED) is 0.758. The Morgan fingerprint density at radius 3 is 2.65 bits per heavy atom. The van der Waals surface area contributed by atoms with Crippen LogP contribution in [0.3, 0.4) is 0 Å². The van der Waals surface area contributed by atoms with E-state index in [2.05, 4.69) is 5.32 Å². The van der Waals surface area contributed by atoms with E-state index in [0.717, 1.165) is 18.4 Å². The van der Waals surface area contributed by atoms with Crippen LogP contribution >= 0.6 is 0 Å². The molecule has 17 heavy (non-hydrogen) atoms. The highest BCUT2D eigenvalue weighted by atomic mass is 16.5. The molecule has 1 saturated carbocycles. The van der Waals surface area contributed by atoms with Crippen molar-refractivity contribution in [3.63, 3.8) is 0 Å². The lowest BCUT2D eigenvalue weighted by atomic mass is 10.1. The largest absolute Gasteiger partial charge is 0.508 e. The smallest absolute Gasteiger partial charge is 0.323 e. The first-order valence-electron chi connectivity index (χ1n) is 5.80. The number of hydrogen-bond acceptors (Lipinski definition) is 4. The molecule has 2 rings (SSSR count). The molecule has 1 fully saturated rings. The van der Waals surface area contributed by atoms with Gasteiger partial charge in [-0.25, -0.2) is 0 Å². The highest BCUT2D eigenvalue weighted by Crippen LogP contribution is 2.33. The van der Waals surface area contributed by atoms with E-state index < -0.39 is 0 Å². The molecule has 1 atom stereocenters. The number of rotatable bonds is 5. The van der Waals surface area contributed by atoms with E-state index in [-0.39, 0.29) is 17.8 Å². The molecule has 4 nitrogen and oxygen atoms in total. The van der Waals surface area contributed by atoms with Gasteiger partial charge in [-0.1, -0.05) is 12.1 Å². The van der Waals surface area contributed by atoms with Gasteiger partial charge in [0.2, 0.25) is 0 Å². The summed E-state index contributed by atoms with van der Waals surface area (Å²) >= 11 is 0. The maximum atomic E-state index is 11.5. The SMILES string of the molecule is COC(=O)C(NCc1ccc(O)cc1)C1CC1. The summed E-state index contributed by atoms with van der Waals surface area (Å²) < 4.78 is 4.78. The predicted octanol–water partition coefficient (Wildman–Crippen LogP) is 1.43. The minimum absolute atomic E-state index is 0.189. The molecule has 1 aliphatic rings. The highest BCUT2D eigenvalue weighted by Gasteiger charge is 2.36. The van der Waals surface area contributed by atoms with Crippen LogP contribution in [-0.2, 0) is 16.1 Å². The topological polar surface area (TPSA) is 58.6 Å². The summed E-state index contributed by atoms with van der Waals surface area (Å²) in [6, 6.07) is 6.75. The number of nitrogens with one attached hydrogen (secondary N) is 1. The van der Waals surface area contributed by atoms with Gasteiger partial charge >= 0.3 is 5.97 Å². The minimum atomic E-state index is -0.200. The fraction of sp³-hybridized carbons (Fsp3) is 0.462. The summed E-state index contributed by atoms with van der Waals surface area (Å²) in [5.74, 6) is 0.478. The van der Waals surface area contributed by atoms with Crippen LogP contribution in [0.2, 0.25) is 0 Å². The van der Waals surface area contributed by atoms with Crippen LogP contribution in [0, 0.1) is 5.92 Å². The van der Waals surface area contributed by atoms with Gasteiger partial charge in [0.15, 0.2) is 0 Å². The van der Waals surface area contributed by atoms with Crippen LogP contribution in [0.1, 0.15) is 18.4 Å². The van der Waals surface area contributed by atoms with Crippen molar-refractivity contribution in [2.45, 2.75) is 25.4 Å². The molecular weight excluding hydrogens is 218 g/mol. The molecule has 0 heterocycles. The lowest BCUT2D eigenvalue weighted by Gasteiger charge is -2.15. The summed E-state index contributed by atoms with van der Waals surface area (Å²) in [7, 11) is 1.42. The molecule has 1 aromatic rings. The van der Waals surface area contributed by atoms with Crippen molar-refractivity contribution in [1.82, 2.24) is 5.32 Å². The number of aromatic hydroxyl groups is 1. The second-order valence-corrected chi connectivity index (χ2v) is 4.39. The first-order chi connectivity index (χ1) is 8.20. The van der Waals surface area contributed by atoms with Gasteiger partial charge < -0.3 is 15.2 Å². The minimum Gasteiger partial charge on any atom is -0.508 e. The Balaban J connectivity index is 1.90. The maximum Gasteiger partial charge on any atom is 0.323 e. The second kappa shape index (κ2) is 5.19. The molecule has 0 aromatic heterocycles. The Bertz CT molecular complexity index is 384. The summed E-state index contributed by atoms with van der Waals surface area (Å²) in [6.07, 6.45) is 2.17. The van der Waals surface area contributed by atoms with E-state index in [1.165, 1.54) is 7.11 Å². The van der Waals surface area contributed by atoms with Gasteiger partial charge in [0.05, 0.1) is 7.11 Å². The summed E-state index contributed by atoms with van der Waals surface area (Å²) in [4.78, 5) is 11.5. The first-order valence-corrected chi connectivity index (χ1v) is 5.80. The molecule has 0 bridgehead atoms. The Kier molecular flexibility index (Phi) is 3.64. The zero-order valence-electron chi connectivity index (χ0n) is 9.85. The van der Waals surface area contributed by atoms with Gasteiger partial charge in [0.1, 0.15) is 11.8 Å². The molecule has 92 valence electrons. The first kappa shape index (κ1) is 11.9. The number of benzene rings is 1. The highest BCUT2D eigenvalue weighted by molar-refractivity contribution is 5.76. The van der Waals surface area contributed by atoms with Gasteiger partial charge in [0, 0.05) is 6.54 Å². The van der Waals surface area contributed by atoms with Gasteiger partial charge in [-0.15, -0.1) is 0 Å². The predicted molar refractivity (Wildman–Crippen MR) is 63.5 cm³/mol. The molecule has 0 amide bonds. The zero-order valence-corrected chi connectivity index (χ0v) is 9.85. The third-order valence-electron chi connectivity index (χ3n) is 3.01. The van der Waals surface area contributed by atoms with E-state index in [1.807, 2.05) is 12.1 Å². The van der Waals surface area contributed by atoms with Gasteiger partial charge in [-0.05, 0) is 36.5 Å². The molecule has 0 saturated heterocycles. The van der Waals surface area contributed by atoms with E-state index in [0.29, 0.717) is 12.5 Å². The van der Waals surface area contributed by atoms with Crippen molar-refractivity contribution in [1.29, 1.82) is 0 Å². The van der Waals surface area contributed by atoms with E-state index in [1.54, 1.807) is 12.1 Å². The van der Waals surface area contributed by atoms with E-state index in [4.69, 9.17) is 9.84 Å². The van der Waals surface area contributed by atoms with Crippen LogP contribution in [0.5, 0.6) is 5.75 Å². The van der Waals surface area contributed by atoms with Crippen LogP contribution < -0.4 is 5.32 Å².